The van der Waals surface area contributed by atoms with E-state index in [1.807, 2.05) is 4.90 Å². The number of carbonyl (C=O) groups is 2. The number of piperidine rings is 1. The Balaban J connectivity index is 1.44. The molecular formula is C24H23FN4O4. The number of benzene rings is 2. The number of fused-ring (bicyclic) bond motifs is 2. The summed E-state index contributed by atoms with van der Waals surface area (Å²) in [6, 6.07) is 8.80. The van der Waals surface area contributed by atoms with Crippen molar-refractivity contribution in [3.05, 3.63) is 69.8 Å². The van der Waals surface area contributed by atoms with Crippen molar-refractivity contribution in [1.29, 1.82) is 0 Å². The second-order valence-corrected chi connectivity index (χ2v) is 8.58. The summed E-state index contributed by atoms with van der Waals surface area (Å²) in [6.07, 6.45) is 3.98. The van der Waals surface area contributed by atoms with Gasteiger partial charge in [-0.15, -0.1) is 0 Å². The zero-order valence-corrected chi connectivity index (χ0v) is 17.9. The lowest BCUT2D eigenvalue weighted by atomic mass is 9.98. The Morgan fingerprint density at radius 1 is 1.18 bits per heavy atom. The average Bonchev–Trinajstić information content (AvgIpc) is 2.82. The van der Waals surface area contributed by atoms with Crippen molar-refractivity contribution < 1.29 is 19.1 Å². The lowest BCUT2D eigenvalue weighted by Gasteiger charge is -2.43. The van der Waals surface area contributed by atoms with Crippen molar-refractivity contribution in [2.75, 3.05) is 19.6 Å². The van der Waals surface area contributed by atoms with Crippen LogP contribution in [0.15, 0.2) is 47.4 Å². The first-order chi connectivity index (χ1) is 15.9. The first kappa shape index (κ1) is 21.1. The fourth-order valence-corrected chi connectivity index (χ4v) is 4.80. The summed E-state index contributed by atoms with van der Waals surface area (Å²) in [5.41, 5.74) is 0.405. The minimum Gasteiger partial charge on any atom is -0.506 e. The summed E-state index contributed by atoms with van der Waals surface area (Å²) in [6.45, 7) is 1.17. The molecule has 170 valence electrons. The standard InChI is InChI=1S/C24H23FN4O4/c25-19-8-7-15(12-29-23-17(21(31)11-26-29)5-3-6-20(23)30)10-18(19)24(33)27-13-16-4-1-2-9-28(16)22(32)14-27/h3,5-8,10-11,16,30H,1-2,4,9,12-14H2. The number of hydrogen-bond donors (Lipinski definition) is 1. The van der Waals surface area contributed by atoms with Crippen LogP contribution in [0, 0.1) is 5.82 Å². The SMILES string of the molecule is O=C(c1cc(Cn2ncc(=O)c3cccc(O)c32)ccc1F)N1CC(=O)N2CCCCC2C1. The summed E-state index contributed by atoms with van der Waals surface area (Å²) in [7, 11) is 0. The van der Waals surface area contributed by atoms with Gasteiger partial charge >= 0.3 is 0 Å². The van der Waals surface area contributed by atoms with Crippen LogP contribution in [0.4, 0.5) is 4.39 Å². The quantitative estimate of drug-likeness (QED) is 0.660. The zero-order valence-electron chi connectivity index (χ0n) is 17.9. The predicted molar refractivity (Wildman–Crippen MR) is 118 cm³/mol. The molecule has 0 spiro atoms. The number of aromatic hydroxyl groups is 1. The molecule has 3 aromatic rings. The molecule has 1 atom stereocenters. The summed E-state index contributed by atoms with van der Waals surface area (Å²) in [4.78, 5) is 41.1. The average molecular weight is 450 g/mol. The number of phenolic OH excluding ortho intramolecular Hbond substituents is 1. The third-order valence-electron chi connectivity index (χ3n) is 6.44. The molecule has 2 amide bonds. The monoisotopic (exact) mass is 450 g/mol. The van der Waals surface area contributed by atoms with Gasteiger partial charge < -0.3 is 14.9 Å². The molecule has 2 fully saturated rings. The maximum absolute atomic E-state index is 14.7. The van der Waals surface area contributed by atoms with E-state index in [0.29, 0.717) is 24.0 Å². The van der Waals surface area contributed by atoms with E-state index < -0.39 is 11.7 Å². The van der Waals surface area contributed by atoms with Crippen LogP contribution in [0.1, 0.15) is 35.2 Å². The number of amides is 2. The minimum absolute atomic E-state index is 0.0186. The van der Waals surface area contributed by atoms with Crippen LogP contribution in [0.3, 0.4) is 0 Å². The smallest absolute Gasteiger partial charge is 0.257 e. The lowest BCUT2D eigenvalue weighted by molar-refractivity contribution is -0.140. The largest absolute Gasteiger partial charge is 0.506 e. The topological polar surface area (TPSA) is 95.7 Å². The van der Waals surface area contributed by atoms with Gasteiger partial charge in [0.25, 0.3) is 5.91 Å². The van der Waals surface area contributed by atoms with Gasteiger partial charge in [-0.25, -0.2) is 4.39 Å². The highest BCUT2D eigenvalue weighted by molar-refractivity contribution is 5.97. The Kier molecular flexibility index (Phi) is 5.32. The van der Waals surface area contributed by atoms with Crippen molar-refractivity contribution in [2.45, 2.75) is 31.8 Å². The highest BCUT2D eigenvalue weighted by atomic mass is 19.1. The van der Waals surface area contributed by atoms with Gasteiger partial charge in [-0.2, -0.15) is 5.10 Å². The molecule has 0 radical (unpaired) electrons. The zero-order chi connectivity index (χ0) is 23.1. The first-order valence-electron chi connectivity index (χ1n) is 11.0. The maximum atomic E-state index is 14.7. The van der Waals surface area contributed by atoms with Gasteiger partial charge in [-0.3, -0.25) is 19.1 Å². The number of aromatic nitrogens is 2. The summed E-state index contributed by atoms with van der Waals surface area (Å²) in [5.74, 6) is -1.38. The van der Waals surface area contributed by atoms with Gasteiger partial charge in [0, 0.05) is 19.1 Å². The van der Waals surface area contributed by atoms with Gasteiger partial charge in [-0.05, 0) is 49.1 Å². The van der Waals surface area contributed by atoms with Crippen molar-refractivity contribution >= 4 is 22.7 Å². The first-order valence-corrected chi connectivity index (χ1v) is 11.0. The molecule has 2 aliphatic heterocycles. The molecule has 0 aliphatic carbocycles. The van der Waals surface area contributed by atoms with E-state index in [1.54, 1.807) is 12.1 Å². The number of halogens is 1. The molecule has 2 saturated heterocycles. The van der Waals surface area contributed by atoms with Crippen LogP contribution in [-0.2, 0) is 11.3 Å². The van der Waals surface area contributed by atoms with Crippen molar-refractivity contribution in [1.82, 2.24) is 19.6 Å². The maximum Gasteiger partial charge on any atom is 0.257 e. The molecule has 1 aromatic heterocycles. The van der Waals surface area contributed by atoms with Crippen molar-refractivity contribution in [3.63, 3.8) is 0 Å². The van der Waals surface area contributed by atoms with Crippen LogP contribution >= 0.6 is 0 Å². The summed E-state index contributed by atoms with van der Waals surface area (Å²) >= 11 is 0. The van der Waals surface area contributed by atoms with Crippen LogP contribution < -0.4 is 5.43 Å². The molecule has 5 rings (SSSR count). The van der Waals surface area contributed by atoms with Gasteiger partial charge in [0.1, 0.15) is 23.6 Å². The van der Waals surface area contributed by atoms with Crippen LogP contribution in [0.2, 0.25) is 0 Å². The van der Waals surface area contributed by atoms with Crippen LogP contribution in [0.25, 0.3) is 10.9 Å². The van der Waals surface area contributed by atoms with Gasteiger partial charge in [0.15, 0.2) is 0 Å². The van der Waals surface area contributed by atoms with E-state index in [4.69, 9.17) is 0 Å². The molecule has 0 bridgehead atoms. The number of carbonyl (C=O) groups excluding carboxylic acids is 2. The third kappa shape index (κ3) is 3.83. The number of phenols is 1. The summed E-state index contributed by atoms with van der Waals surface area (Å²) in [5, 5.41) is 14.7. The fourth-order valence-electron chi connectivity index (χ4n) is 4.80. The van der Waals surface area contributed by atoms with Crippen molar-refractivity contribution in [3.8, 4) is 5.75 Å². The highest BCUT2D eigenvalue weighted by Gasteiger charge is 2.36. The van der Waals surface area contributed by atoms with E-state index in [0.717, 1.165) is 25.5 Å². The lowest BCUT2D eigenvalue weighted by Crippen LogP contribution is -2.59. The van der Waals surface area contributed by atoms with E-state index in [9.17, 15) is 23.9 Å². The third-order valence-corrected chi connectivity index (χ3v) is 6.44. The van der Waals surface area contributed by atoms with Gasteiger partial charge in [0.2, 0.25) is 11.3 Å². The fraction of sp³-hybridized carbons (Fsp3) is 0.333. The molecular weight excluding hydrogens is 427 g/mol. The Morgan fingerprint density at radius 2 is 2.03 bits per heavy atom. The van der Waals surface area contributed by atoms with E-state index in [2.05, 4.69) is 5.10 Å². The number of para-hydroxylation sites is 1. The molecule has 9 heteroatoms. The predicted octanol–water partition coefficient (Wildman–Crippen LogP) is 2.13. The normalized spacial score (nSPS) is 18.5. The van der Waals surface area contributed by atoms with Crippen molar-refractivity contribution in [2.24, 2.45) is 0 Å². The second-order valence-electron chi connectivity index (χ2n) is 8.58. The van der Waals surface area contributed by atoms with Crippen LogP contribution in [0.5, 0.6) is 5.75 Å². The van der Waals surface area contributed by atoms with E-state index in [1.165, 1.54) is 33.8 Å². The molecule has 1 N–H and O–H groups in total. The molecule has 3 heterocycles. The summed E-state index contributed by atoms with van der Waals surface area (Å²) < 4.78 is 16.1. The molecule has 1 unspecified atom stereocenters. The Labute approximate surface area is 188 Å². The molecule has 2 aromatic carbocycles. The van der Waals surface area contributed by atoms with Gasteiger partial charge in [0.05, 0.1) is 23.7 Å². The van der Waals surface area contributed by atoms with E-state index in [-0.39, 0.29) is 47.3 Å². The Hall–Kier alpha value is -3.75. The molecule has 33 heavy (non-hydrogen) atoms. The Morgan fingerprint density at radius 3 is 2.88 bits per heavy atom. The number of hydrogen-bond acceptors (Lipinski definition) is 5. The molecule has 2 aliphatic rings. The van der Waals surface area contributed by atoms with E-state index >= 15 is 0 Å². The molecule has 0 saturated carbocycles. The number of nitrogens with zero attached hydrogens (tertiary/aromatic N) is 4. The second kappa shape index (κ2) is 8.31. The Bertz CT molecular complexity index is 1320. The molecule has 8 nitrogen and oxygen atoms in total. The minimum atomic E-state index is -0.664. The highest BCUT2D eigenvalue weighted by Crippen LogP contribution is 2.25. The van der Waals surface area contributed by atoms with Gasteiger partial charge in [-0.1, -0.05) is 12.1 Å². The van der Waals surface area contributed by atoms with Crippen LogP contribution in [-0.4, -0.2) is 62.2 Å². The number of piperazine rings is 1. The number of rotatable bonds is 3.